The fourth-order valence-electron chi connectivity index (χ4n) is 1.32. The Labute approximate surface area is 99.1 Å². The molecule has 0 bridgehead atoms. The van der Waals surface area contributed by atoms with Gasteiger partial charge in [0.05, 0.1) is 5.02 Å². The Morgan fingerprint density at radius 2 is 1.81 bits per heavy atom. The number of rotatable bonds is 3. The van der Waals surface area contributed by atoms with Gasteiger partial charge in [-0.05, 0) is 17.7 Å². The zero-order valence-electron chi connectivity index (χ0n) is 8.56. The Bertz CT molecular complexity index is 469. The lowest BCUT2D eigenvalue weighted by Gasteiger charge is -2.06. The van der Waals surface area contributed by atoms with Crippen molar-refractivity contribution in [3.8, 4) is 11.5 Å². The lowest BCUT2D eigenvalue weighted by molar-refractivity contribution is 0.305. The molecule has 1 N–H and O–H groups in total. The highest BCUT2D eigenvalue weighted by Gasteiger charge is 2.00. The lowest BCUT2D eigenvalue weighted by atomic mass is 10.2. The average molecular weight is 235 g/mol. The first-order chi connectivity index (χ1) is 7.75. The molecule has 0 fully saturated rings. The average Bonchev–Trinajstić information content (AvgIpc) is 2.32. The van der Waals surface area contributed by atoms with Crippen LogP contribution >= 0.6 is 11.6 Å². The van der Waals surface area contributed by atoms with Crippen molar-refractivity contribution < 1.29 is 9.84 Å². The predicted octanol–water partition coefficient (Wildman–Crippen LogP) is 3.62. The third kappa shape index (κ3) is 2.67. The summed E-state index contributed by atoms with van der Waals surface area (Å²) in [4.78, 5) is 0. The fraction of sp³-hybridized carbons (Fsp3) is 0.0769. The van der Waals surface area contributed by atoms with E-state index in [0.29, 0.717) is 17.4 Å². The maximum Gasteiger partial charge on any atom is 0.134 e. The summed E-state index contributed by atoms with van der Waals surface area (Å²) in [5, 5.41) is 9.54. The number of phenolic OH excluding ortho intramolecular Hbond substituents is 1. The minimum absolute atomic E-state index is 0.0636. The molecule has 2 nitrogen and oxygen atoms in total. The number of benzene rings is 2. The summed E-state index contributed by atoms with van der Waals surface area (Å²) in [6, 6.07) is 14.7. The zero-order valence-corrected chi connectivity index (χ0v) is 9.32. The number of halogens is 1. The first-order valence-corrected chi connectivity index (χ1v) is 5.29. The van der Waals surface area contributed by atoms with Crippen molar-refractivity contribution in [2.75, 3.05) is 0 Å². The minimum Gasteiger partial charge on any atom is -0.506 e. The quantitative estimate of drug-likeness (QED) is 0.879. The molecule has 0 heterocycles. The van der Waals surface area contributed by atoms with E-state index in [4.69, 9.17) is 16.3 Å². The molecule has 0 unspecified atom stereocenters. The molecule has 0 spiro atoms. The van der Waals surface area contributed by atoms with Crippen molar-refractivity contribution in [1.82, 2.24) is 0 Å². The molecule has 2 rings (SSSR count). The van der Waals surface area contributed by atoms with Crippen LogP contribution in [-0.4, -0.2) is 5.11 Å². The summed E-state index contributed by atoms with van der Waals surface area (Å²) in [7, 11) is 0. The van der Waals surface area contributed by atoms with Crippen LogP contribution in [0.3, 0.4) is 0 Å². The maximum atomic E-state index is 9.24. The molecule has 82 valence electrons. The molecule has 2 aromatic carbocycles. The van der Waals surface area contributed by atoms with Crippen LogP contribution in [0.1, 0.15) is 5.56 Å². The molecule has 0 saturated carbocycles. The number of ether oxygens (including phenoxy) is 1. The van der Waals surface area contributed by atoms with E-state index in [1.807, 2.05) is 30.3 Å². The van der Waals surface area contributed by atoms with Gasteiger partial charge < -0.3 is 9.84 Å². The topological polar surface area (TPSA) is 29.5 Å². The van der Waals surface area contributed by atoms with Crippen LogP contribution < -0.4 is 4.74 Å². The largest absolute Gasteiger partial charge is 0.506 e. The van der Waals surface area contributed by atoms with E-state index < -0.39 is 0 Å². The van der Waals surface area contributed by atoms with Crippen molar-refractivity contribution >= 4 is 11.6 Å². The molecule has 2 aromatic rings. The Hall–Kier alpha value is -1.67. The molecule has 16 heavy (non-hydrogen) atoms. The van der Waals surface area contributed by atoms with Gasteiger partial charge in [0.15, 0.2) is 0 Å². The highest BCUT2D eigenvalue weighted by molar-refractivity contribution is 6.32. The van der Waals surface area contributed by atoms with Crippen LogP contribution in [0.15, 0.2) is 48.5 Å². The summed E-state index contributed by atoms with van der Waals surface area (Å²) in [6.45, 7) is 0.488. The second kappa shape index (κ2) is 4.90. The standard InChI is InChI=1S/C13H11ClO2/c14-12-8-11(6-7-13(12)15)16-9-10-4-2-1-3-5-10/h1-8,15H,9H2. The van der Waals surface area contributed by atoms with Crippen LogP contribution in [0.2, 0.25) is 5.02 Å². The van der Waals surface area contributed by atoms with Gasteiger partial charge in [0, 0.05) is 6.07 Å². The third-order valence-corrected chi connectivity index (χ3v) is 2.47. The molecule has 3 heteroatoms. The maximum absolute atomic E-state index is 9.24. The zero-order chi connectivity index (χ0) is 11.4. The van der Waals surface area contributed by atoms with Gasteiger partial charge in [-0.2, -0.15) is 0 Å². The van der Waals surface area contributed by atoms with Gasteiger partial charge in [-0.1, -0.05) is 41.9 Å². The fourth-order valence-corrected chi connectivity index (χ4v) is 1.49. The van der Waals surface area contributed by atoms with E-state index >= 15 is 0 Å². The number of phenols is 1. The third-order valence-electron chi connectivity index (χ3n) is 2.17. The van der Waals surface area contributed by atoms with Crippen LogP contribution in [0.5, 0.6) is 11.5 Å². The molecule has 0 aromatic heterocycles. The number of hydrogen-bond acceptors (Lipinski definition) is 2. The van der Waals surface area contributed by atoms with Gasteiger partial charge in [0.25, 0.3) is 0 Å². The van der Waals surface area contributed by atoms with E-state index in [9.17, 15) is 5.11 Å². The number of hydrogen-bond donors (Lipinski definition) is 1. The lowest BCUT2D eigenvalue weighted by Crippen LogP contribution is -1.94. The Morgan fingerprint density at radius 1 is 1.06 bits per heavy atom. The second-order valence-electron chi connectivity index (χ2n) is 3.39. The van der Waals surface area contributed by atoms with Crippen molar-refractivity contribution in [2.24, 2.45) is 0 Å². The molecule has 0 aliphatic carbocycles. The monoisotopic (exact) mass is 234 g/mol. The highest BCUT2D eigenvalue weighted by Crippen LogP contribution is 2.27. The van der Waals surface area contributed by atoms with E-state index in [2.05, 4.69) is 0 Å². The van der Waals surface area contributed by atoms with Crippen molar-refractivity contribution in [3.05, 3.63) is 59.1 Å². The predicted molar refractivity (Wildman–Crippen MR) is 63.9 cm³/mol. The van der Waals surface area contributed by atoms with Crippen LogP contribution in [-0.2, 0) is 6.61 Å². The number of aromatic hydroxyl groups is 1. The van der Waals surface area contributed by atoms with Crippen molar-refractivity contribution in [2.45, 2.75) is 6.61 Å². The Morgan fingerprint density at radius 3 is 2.50 bits per heavy atom. The molecular formula is C13H11ClO2. The van der Waals surface area contributed by atoms with Gasteiger partial charge >= 0.3 is 0 Å². The summed E-state index contributed by atoms with van der Waals surface area (Å²) < 4.78 is 5.53. The molecule has 0 amide bonds. The molecule has 0 radical (unpaired) electrons. The summed E-state index contributed by atoms with van der Waals surface area (Å²) in [5.41, 5.74) is 1.09. The van der Waals surface area contributed by atoms with Crippen molar-refractivity contribution in [3.63, 3.8) is 0 Å². The Balaban J connectivity index is 2.03. The van der Waals surface area contributed by atoms with Crippen molar-refractivity contribution in [1.29, 1.82) is 0 Å². The van der Waals surface area contributed by atoms with Gasteiger partial charge in [-0.3, -0.25) is 0 Å². The molecule has 0 atom stereocenters. The van der Waals surface area contributed by atoms with Crippen LogP contribution in [0.25, 0.3) is 0 Å². The first-order valence-electron chi connectivity index (χ1n) is 4.91. The van der Waals surface area contributed by atoms with E-state index in [1.165, 1.54) is 6.07 Å². The molecule has 0 aliphatic heterocycles. The highest BCUT2D eigenvalue weighted by atomic mass is 35.5. The first kappa shape index (κ1) is 10.8. The SMILES string of the molecule is Oc1ccc(OCc2ccccc2)cc1Cl. The van der Waals surface area contributed by atoms with Crippen LogP contribution in [0.4, 0.5) is 0 Å². The summed E-state index contributed by atoms with van der Waals surface area (Å²) in [5.74, 6) is 0.709. The minimum atomic E-state index is 0.0636. The molecule has 0 aliphatic rings. The van der Waals surface area contributed by atoms with E-state index in [0.717, 1.165) is 5.56 Å². The van der Waals surface area contributed by atoms with E-state index in [1.54, 1.807) is 12.1 Å². The van der Waals surface area contributed by atoms with Crippen LogP contribution in [0, 0.1) is 0 Å². The summed E-state index contributed by atoms with van der Waals surface area (Å²) in [6.07, 6.45) is 0. The summed E-state index contributed by atoms with van der Waals surface area (Å²) >= 11 is 5.77. The normalized spacial score (nSPS) is 10.1. The molecular weight excluding hydrogens is 224 g/mol. The van der Waals surface area contributed by atoms with Gasteiger partial charge in [0.2, 0.25) is 0 Å². The molecule has 0 saturated heterocycles. The van der Waals surface area contributed by atoms with Gasteiger partial charge in [-0.15, -0.1) is 0 Å². The van der Waals surface area contributed by atoms with E-state index in [-0.39, 0.29) is 5.75 Å². The van der Waals surface area contributed by atoms with Gasteiger partial charge in [0.1, 0.15) is 18.1 Å². The van der Waals surface area contributed by atoms with Gasteiger partial charge in [-0.25, -0.2) is 0 Å². The smallest absolute Gasteiger partial charge is 0.134 e. The second-order valence-corrected chi connectivity index (χ2v) is 3.79. The Kier molecular flexibility index (Phi) is 3.32.